The van der Waals surface area contributed by atoms with E-state index in [1.807, 2.05) is 55.5 Å². The largest absolute Gasteiger partial charge is 0.308 e. The highest BCUT2D eigenvalue weighted by molar-refractivity contribution is 7.86. The fourth-order valence-electron chi connectivity index (χ4n) is 9.63. The Labute approximate surface area is 335 Å². The summed E-state index contributed by atoms with van der Waals surface area (Å²) in [5, 5.41) is 12.2. The van der Waals surface area contributed by atoms with E-state index in [-0.39, 0.29) is 0 Å². The maximum Gasteiger partial charge on any atom is 0.175 e. The van der Waals surface area contributed by atoms with Crippen LogP contribution in [-0.2, 0) is 4.57 Å². The molecule has 1 unspecified atom stereocenters. The Kier molecular flexibility index (Phi) is 7.12. The van der Waals surface area contributed by atoms with Crippen molar-refractivity contribution in [3.63, 3.8) is 0 Å². The molecule has 0 spiro atoms. The predicted octanol–water partition coefficient (Wildman–Crippen LogP) is 12.9. The fourth-order valence-corrected chi connectivity index (χ4v) is 12.7. The van der Waals surface area contributed by atoms with Gasteiger partial charge in [-0.3, -0.25) is 4.57 Å². The average molecular weight is 759 g/mol. The summed E-state index contributed by atoms with van der Waals surface area (Å²) >= 11 is 0. The van der Waals surface area contributed by atoms with Crippen LogP contribution in [-0.4, -0.2) is 9.55 Å². The summed E-state index contributed by atoms with van der Waals surface area (Å²) < 4.78 is 18.2. The van der Waals surface area contributed by atoms with E-state index < -0.39 is 7.14 Å². The second-order valence-electron chi connectivity index (χ2n) is 15.5. The van der Waals surface area contributed by atoms with Crippen LogP contribution in [0.5, 0.6) is 0 Å². The Morgan fingerprint density at radius 2 is 0.983 bits per heavy atom. The van der Waals surface area contributed by atoms with Gasteiger partial charge in [-0.1, -0.05) is 152 Å². The van der Waals surface area contributed by atoms with Crippen molar-refractivity contribution >= 4 is 77.2 Å². The molecule has 272 valence electrons. The van der Waals surface area contributed by atoms with Gasteiger partial charge in [0.25, 0.3) is 0 Å². The first-order valence-electron chi connectivity index (χ1n) is 19.8. The Balaban J connectivity index is 1.15. The van der Waals surface area contributed by atoms with Crippen LogP contribution in [0.25, 0.3) is 93.2 Å². The van der Waals surface area contributed by atoms with Gasteiger partial charge in [-0.25, -0.2) is 4.98 Å². The average Bonchev–Trinajstić information content (AvgIpc) is 3.63. The van der Waals surface area contributed by atoms with E-state index in [0.29, 0.717) is 0 Å². The molecule has 0 aliphatic carbocycles. The monoisotopic (exact) mass is 758 g/mol. The normalized spacial score (nSPS) is 14.8. The molecule has 10 aromatic carbocycles. The summed E-state index contributed by atoms with van der Waals surface area (Å²) in [7, 11) is -3.29. The Bertz CT molecular complexity index is 3560. The van der Waals surface area contributed by atoms with E-state index in [4.69, 9.17) is 4.98 Å². The molecule has 1 atom stereocenters. The van der Waals surface area contributed by atoms with E-state index in [9.17, 15) is 0 Å². The fraction of sp³-hybridized carbons (Fsp3) is 0.0185. The van der Waals surface area contributed by atoms with Crippen LogP contribution in [0.2, 0.25) is 0 Å². The zero-order chi connectivity index (χ0) is 38.5. The number of aryl methyl sites for hydroxylation is 1. The van der Waals surface area contributed by atoms with Gasteiger partial charge in [0.1, 0.15) is 5.82 Å². The van der Waals surface area contributed by atoms with E-state index in [2.05, 4.69) is 150 Å². The molecule has 1 aliphatic heterocycles. The highest BCUT2D eigenvalue weighted by Crippen LogP contribution is 2.51. The summed E-state index contributed by atoms with van der Waals surface area (Å²) in [6.07, 6.45) is 0. The lowest BCUT2D eigenvalue weighted by atomic mass is 9.84. The summed E-state index contributed by atoms with van der Waals surface area (Å²) in [6.45, 7) is 2.04. The van der Waals surface area contributed by atoms with Gasteiger partial charge in [-0.2, -0.15) is 0 Å². The van der Waals surface area contributed by atoms with Crippen LogP contribution in [0.4, 0.5) is 0 Å². The zero-order valence-electron chi connectivity index (χ0n) is 31.7. The topological polar surface area (TPSA) is 34.9 Å². The van der Waals surface area contributed by atoms with E-state index >= 15 is 4.57 Å². The van der Waals surface area contributed by atoms with Crippen LogP contribution in [0.1, 0.15) is 5.82 Å². The van der Waals surface area contributed by atoms with Crippen molar-refractivity contribution in [1.82, 2.24) is 9.55 Å². The molecule has 3 nitrogen and oxygen atoms in total. The van der Waals surface area contributed by atoms with Crippen molar-refractivity contribution in [2.24, 2.45) is 0 Å². The van der Waals surface area contributed by atoms with Crippen LogP contribution in [0, 0.1) is 6.92 Å². The van der Waals surface area contributed by atoms with Crippen molar-refractivity contribution < 1.29 is 4.57 Å². The van der Waals surface area contributed by atoms with Crippen molar-refractivity contribution in [1.29, 1.82) is 0 Å². The third-order valence-electron chi connectivity index (χ3n) is 12.3. The minimum Gasteiger partial charge on any atom is -0.308 e. The molecule has 0 saturated heterocycles. The first-order chi connectivity index (χ1) is 28.5. The second kappa shape index (κ2) is 12.5. The molecule has 0 amide bonds. The Morgan fingerprint density at radius 3 is 1.67 bits per heavy atom. The van der Waals surface area contributed by atoms with Gasteiger partial charge in [0, 0.05) is 15.9 Å². The molecule has 0 fully saturated rings. The highest BCUT2D eigenvalue weighted by Gasteiger charge is 2.39. The van der Waals surface area contributed by atoms with Gasteiger partial charge < -0.3 is 4.57 Å². The zero-order valence-corrected chi connectivity index (χ0v) is 32.6. The molecule has 1 aliphatic rings. The summed E-state index contributed by atoms with van der Waals surface area (Å²) in [6, 6.07) is 69.2. The standard InChI is InChI=1S/C54H35N2OP/c1-34-55-48-20-11-21-50-54(48)56(34)49-29-27-40(33-51(49)58(50,57)43-16-3-2-4-17-43)39-26-28-46-47(32-39)53(42-25-23-36-13-6-8-15-38(36)31-42)45-19-10-9-18-44(45)52(46)41-24-22-35-12-5-7-14-37(35)30-41/h2-33H,1H3. The molecule has 0 N–H and O–H groups in total. The number of hydrogen-bond acceptors (Lipinski definition) is 2. The van der Waals surface area contributed by atoms with E-state index in [1.54, 1.807) is 0 Å². The number of para-hydroxylation sites is 1. The number of benzene rings is 10. The lowest BCUT2D eigenvalue weighted by Crippen LogP contribution is -2.33. The van der Waals surface area contributed by atoms with Gasteiger partial charge >= 0.3 is 0 Å². The third kappa shape index (κ3) is 4.75. The molecule has 0 saturated carbocycles. The first kappa shape index (κ1) is 33.1. The predicted molar refractivity (Wildman–Crippen MR) is 245 cm³/mol. The minimum absolute atomic E-state index is 0.828. The molecule has 58 heavy (non-hydrogen) atoms. The van der Waals surface area contributed by atoms with Crippen LogP contribution >= 0.6 is 7.14 Å². The molecule has 4 heteroatoms. The molecular weight excluding hydrogens is 724 g/mol. The van der Waals surface area contributed by atoms with Gasteiger partial charge in [0.05, 0.1) is 16.7 Å². The number of rotatable bonds is 4. The smallest absolute Gasteiger partial charge is 0.175 e. The highest BCUT2D eigenvalue weighted by atomic mass is 31.2. The molecule has 0 bridgehead atoms. The molecule has 2 heterocycles. The van der Waals surface area contributed by atoms with Crippen molar-refractivity contribution in [2.75, 3.05) is 0 Å². The number of imidazole rings is 1. The van der Waals surface area contributed by atoms with Crippen LogP contribution in [0.3, 0.4) is 0 Å². The lowest BCUT2D eigenvalue weighted by Gasteiger charge is -2.29. The SMILES string of the molecule is Cc1nc2cccc3c2n1-c1ccc(-c2ccc4c(-c5ccc6ccccc6c5)c5ccccc5c(-c5ccc6ccccc6c5)c4c2)cc1P3(=O)c1ccccc1. The lowest BCUT2D eigenvalue weighted by molar-refractivity contribution is 0.592. The number of fused-ring (bicyclic) bond motifs is 6. The van der Waals surface area contributed by atoms with Crippen LogP contribution < -0.4 is 15.9 Å². The quantitative estimate of drug-likeness (QED) is 0.132. The van der Waals surface area contributed by atoms with E-state index in [1.165, 1.54) is 65.3 Å². The number of nitrogens with zero attached hydrogens (tertiary/aromatic N) is 2. The number of aromatic nitrogens is 2. The summed E-state index contributed by atoms with van der Waals surface area (Å²) in [4.78, 5) is 4.93. The second-order valence-corrected chi connectivity index (χ2v) is 18.2. The summed E-state index contributed by atoms with van der Waals surface area (Å²) in [5.41, 5.74) is 9.63. The Morgan fingerprint density at radius 1 is 0.431 bits per heavy atom. The minimum atomic E-state index is -3.29. The van der Waals surface area contributed by atoms with Crippen molar-refractivity contribution in [2.45, 2.75) is 6.92 Å². The van der Waals surface area contributed by atoms with Gasteiger partial charge in [0.2, 0.25) is 0 Å². The molecule has 12 rings (SSSR count). The maximum absolute atomic E-state index is 16.0. The van der Waals surface area contributed by atoms with Gasteiger partial charge in [0.15, 0.2) is 7.14 Å². The van der Waals surface area contributed by atoms with E-state index in [0.717, 1.165) is 49.6 Å². The number of hydrogen-bond donors (Lipinski definition) is 0. The first-order valence-corrected chi connectivity index (χ1v) is 21.5. The Hall–Kier alpha value is -7.06. The molecule has 0 radical (unpaired) electrons. The van der Waals surface area contributed by atoms with Crippen molar-refractivity contribution in [3.8, 4) is 39.1 Å². The van der Waals surface area contributed by atoms with Crippen molar-refractivity contribution in [3.05, 3.63) is 200 Å². The molecule has 11 aromatic rings. The van der Waals surface area contributed by atoms with Gasteiger partial charge in [-0.15, -0.1) is 0 Å². The molecular formula is C54H35N2OP. The van der Waals surface area contributed by atoms with Gasteiger partial charge in [-0.05, 0) is 126 Å². The maximum atomic E-state index is 16.0. The summed E-state index contributed by atoms with van der Waals surface area (Å²) in [5.74, 6) is 0.884. The third-order valence-corrected chi connectivity index (χ3v) is 15.4. The van der Waals surface area contributed by atoms with Crippen LogP contribution in [0.15, 0.2) is 194 Å². The molecule has 1 aromatic heterocycles.